The SMILES string of the molecule is COC(c1cc(COc2ccc3c(c2)C(C(C)C)CCC3)ccc1-c1cnn(C)c1)C(C)(C)C. The number of aryl methyl sites for hydroxylation is 2. The fourth-order valence-electron chi connectivity index (χ4n) is 5.45. The van der Waals surface area contributed by atoms with Crippen molar-refractivity contribution in [2.24, 2.45) is 18.4 Å². The molecule has 0 amide bonds. The Balaban J connectivity index is 1.62. The van der Waals surface area contributed by atoms with Crippen LogP contribution in [0.2, 0.25) is 0 Å². The van der Waals surface area contributed by atoms with Crippen molar-refractivity contribution >= 4 is 0 Å². The van der Waals surface area contributed by atoms with Crippen LogP contribution in [-0.4, -0.2) is 16.9 Å². The van der Waals surface area contributed by atoms with Crippen molar-refractivity contribution in [3.8, 4) is 16.9 Å². The highest BCUT2D eigenvalue weighted by Crippen LogP contribution is 2.41. The van der Waals surface area contributed by atoms with E-state index in [4.69, 9.17) is 9.47 Å². The second kappa shape index (κ2) is 9.95. The summed E-state index contributed by atoms with van der Waals surface area (Å²) in [5.74, 6) is 2.25. The Morgan fingerprint density at radius 3 is 2.56 bits per heavy atom. The Morgan fingerprint density at radius 2 is 1.91 bits per heavy atom. The Hall–Kier alpha value is -2.59. The Morgan fingerprint density at radius 1 is 1.12 bits per heavy atom. The van der Waals surface area contributed by atoms with Crippen LogP contribution < -0.4 is 4.74 Å². The summed E-state index contributed by atoms with van der Waals surface area (Å²) in [5, 5.41) is 4.38. The number of benzene rings is 2. The first-order chi connectivity index (χ1) is 16.2. The van der Waals surface area contributed by atoms with Gasteiger partial charge in [-0.25, -0.2) is 0 Å². The van der Waals surface area contributed by atoms with E-state index in [1.54, 1.807) is 7.11 Å². The average Bonchev–Trinajstić information content (AvgIpc) is 3.22. The van der Waals surface area contributed by atoms with E-state index in [9.17, 15) is 0 Å². The third-order valence-corrected chi connectivity index (χ3v) is 7.12. The van der Waals surface area contributed by atoms with Gasteiger partial charge >= 0.3 is 0 Å². The molecule has 0 saturated heterocycles. The van der Waals surface area contributed by atoms with Gasteiger partial charge in [-0.1, -0.05) is 52.8 Å². The summed E-state index contributed by atoms with van der Waals surface area (Å²) < 4.78 is 14.2. The van der Waals surface area contributed by atoms with Crippen molar-refractivity contribution in [1.82, 2.24) is 9.78 Å². The van der Waals surface area contributed by atoms with Crippen molar-refractivity contribution in [2.75, 3.05) is 7.11 Å². The Bertz CT molecular complexity index is 1120. The molecule has 1 heterocycles. The van der Waals surface area contributed by atoms with E-state index < -0.39 is 0 Å². The summed E-state index contributed by atoms with van der Waals surface area (Å²) in [6.45, 7) is 11.9. The Labute approximate surface area is 205 Å². The van der Waals surface area contributed by atoms with Crippen LogP contribution in [0.4, 0.5) is 0 Å². The molecule has 0 N–H and O–H groups in total. The zero-order valence-corrected chi connectivity index (χ0v) is 21.9. The highest BCUT2D eigenvalue weighted by Gasteiger charge is 2.29. The van der Waals surface area contributed by atoms with E-state index in [-0.39, 0.29) is 11.5 Å². The molecule has 1 aromatic heterocycles. The molecular weight excluding hydrogens is 420 g/mol. The van der Waals surface area contributed by atoms with Gasteiger partial charge in [-0.15, -0.1) is 0 Å². The average molecular weight is 461 g/mol. The van der Waals surface area contributed by atoms with Crippen LogP contribution in [-0.2, 0) is 24.8 Å². The van der Waals surface area contributed by atoms with Crippen LogP contribution in [0.3, 0.4) is 0 Å². The van der Waals surface area contributed by atoms with E-state index >= 15 is 0 Å². The largest absolute Gasteiger partial charge is 0.489 e. The molecule has 182 valence electrons. The van der Waals surface area contributed by atoms with Gasteiger partial charge in [0.05, 0.1) is 12.3 Å². The van der Waals surface area contributed by atoms with Crippen LogP contribution in [0.1, 0.15) is 81.7 Å². The lowest BCUT2D eigenvalue weighted by Gasteiger charge is -2.31. The minimum absolute atomic E-state index is 0.0433. The van der Waals surface area contributed by atoms with E-state index in [0.29, 0.717) is 18.4 Å². The van der Waals surface area contributed by atoms with E-state index in [0.717, 1.165) is 22.4 Å². The second-order valence-electron chi connectivity index (χ2n) is 11.2. The van der Waals surface area contributed by atoms with Gasteiger partial charge in [0.1, 0.15) is 12.4 Å². The van der Waals surface area contributed by atoms with Gasteiger partial charge in [0, 0.05) is 25.9 Å². The minimum atomic E-state index is -0.0461. The van der Waals surface area contributed by atoms with Gasteiger partial charge in [0.15, 0.2) is 0 Å². The first-order valence-corrected chi connectivity index (χ1v) is 12.6. The van der Waals surface area contributed by atoms with Gasteiger partial charge in [-0.3, -0.25) is 4.68 Å². The molecule has 4 nitrogen and oxygen atoms in total. The lowest BCUT2D eigenvalue weighted by molar-refractivity contribution is 0.0155. The molecule has 2 unspecified atom stereocenters. The van der Waals surface area contributed by atoms with Crippen molar-refractivity contribution in [2.45, 2.75) is 72.5 Å². The van der Waals surface area contributed by atoms with E-state index in [1.165, 1.54) is 36.0 Å². The minimum Gasteiger partial charge on any atom is -0.489 e. The summed E-state index contributed by atoms with van der Waals surface area (Å²) >= 11 is 0. The van der Waals surface area contributed by atoms with Gasteiger partial charge in [-0.2, -0.15) is 5.10 Å². The summed E-state index contributed by atoms with van der Waals surface area (Å²) in [7, 11) is 3.75. The third kappa shape index (κ3) is 5.22. The van der Waals surface area contributed by atoms with Crippen LogP contribution in [0, 0.1) is 11.3 Å². The number of nitrogens with zero attached hydrogens (tertiary/aromatic N) is 2. The molecule has 0 aliphatic heterocycles. The lowest BCUT2D eigenvalue weighted by atomic mass is 9.77. The predicted octanol–water partition coefficient (Wildman–Crippen LogP) is 7.48. The second-order valence-corrected chi connectivity index (χ2v) is 11.2. The molecular formula is C30H40N2O2. The maximum atomic E-state index is 6.33. The van der Waals surface area contributed by atoms with Crippen LogP contribution in [0.5, 0.6) is 5.75 Å². The van der Waals surface area contributed by atoms with E-state index in [1.807, 2.05) is 17.9 Å². The first kappa shape index (κ1) is 24.5. The van der Waals surface area contributed by atoms with Gasteiger partial charge in [0.2, 0.25) is 0 Å². The molecule has 0 radical (unpaired) electrons. The quantitative estimate of drug-likeness (QED) is 0.367. The number of methoxy groups -OCH3 is 1. The van der Waals surface area contributed by atoms with Crippen LogP contribution in [0.15, 0.2) is 48.8 Å². The molecule has 1 aliphatic carbocycles. The molecule has 2 atom stereocenters. The standard InChI is InChI=1S/C30H40N2O2/c1-20(2)25-10-8-9-22-12-13-24(16-27(22)25)34-19-21-11-14-26(23-17-31-32(6)18-23)28(15-21)29(33-7)30(3,4)5/h11-18,20,25,29H,8-10,19H2,1-7H3. The van der Waals surface area contributed by atoms with Gasteiger partial charge in [-0.05, 0) is 82.5 Å². The number of aromatic nitrogens is 2. The summed E-state index contributed by atoms with van der Waals surface area (Å²) in [6.07, 6.45) is 7.68. The summed E-state index contributed by atoms with van der Waals surface area (Å²) in [5.41, 5.74) is 7.52. The van der Waals surface area contributed by atoms with Gasteiger partial charge < -0.3 is 9.47 Å². The number of ether oxygens (including phenoxy) is 2. The highest BCUT2D eigenvalue weighted by atomic mass is 16.5. The monoisotopic (exact) mass is 460 g/mol. The molecule has 1 aliphatic rings. The summed E-state index contributed by atoms with van der Waals surface area (Å²) in [6, 6.07) is 13.3. The zero-order valence-electron chi connectivity index (χ0n) is 21.9. The first-order valence-electron chi connectivity index (χ1n) is 12.6. The smallest absolute Gasteiger partial charge is 0.120 e. The van der Waals surface area contributed by atoms with Crippen LogP contribution >= 0.6 is 0 Å². The lowest BCUT2D eigenvalue weighted by Crippen LogP contribution is -2.21. The molecule has 3 aromatic rings. The molecule has 0 fully saturated rings. The fourth-order valence-corrected chi connectivity index (χ4v) is 5.45. The molecule has 4 heteroatoms. The van der Waals surface area contributed by atoms with Crippen molar-refractivity contribution in [3.05, 3.63) is 71.0 Å². The maximum absolute atomic E-state index is 6.33. The molecule has 2 aromatic carbocycles. The number of rotatable bonds is 7. The zero-order chi connectivity index (χ0) is 24.5. The number of fused-ring (bicyclic) bond motifs is 1. The molecule has 0 bridgehead atoms. The normalized spacial score (nSPS) is 17.0. The maximum Gasteiger partial charge on any atom is 0.120 e. The number of hydrogen-bond donors (Lipinski definition) is 0. The molecule has 4 rings (SSSR count). The molecule has 34 heavy (non-hydrogen) atoms. The highest BCUT2D eigenvalue weighted by molar-refractivity contribution is 5.67. The third-order valence-electron chi connectivity index (χ3n) is 7.12. The predicted molar refractivity (Wildman–Crippen MR) is 139 cm³/mol. The van der Waals surface area contributed by atoms with Crippen molar-refractivity contribution < 1.29 is 9.47 Å². The van der Waals surface area contributed by atoms with Crippen molar-refractivity contribution in [3.63, 3.8) is 0 Å². The van der Waals surface area contributed by atoms with Gasteiger partial charge in [0.25, 0.3) is 0 Å². The summed E-state index contributed by atoms with van der Waals surface area (Å²) in [4.78, 5) is 0. The Kier molecular flexibility index (Phi) is 7.18. The molecule has 0 saturated carbocycles. The van der Waals surface area contributed by atoms with Crippen LogP contribution in [0.25, 0.3) is 11.1 Å². The number of hydrogen-bond acceptors (Lipinski definition) is 3. The topological polar surface area (TPSA) is 36.3 Å². The molecule has 0 spiro atoms. The van der Waals surface area contributed by atoms with Crippen molar-refractivity contribution in [1.29, 1.82) is 0 Å². The fraction of sp³-hybridized carbons (Fsp3) is 0.500. The van der Waals surface area contributed by atoms with E-state index in [2.05, 4.69) is 82.3 Å².